The number of hydrogen-bond donors (Lipinski definition) is 2. The zero-order valence-corrected chi connectivity index (χ0v) is 7.31. The van der Waals surface area contributed by atoms with Gasteiger partial charge in [0.05, 0.1) is 5.56 Å². The number of rotatable bonds is 3. The third-order valence-electron chi connectivity index (χ3n) is 1.69. The van der Waals surface area contributed by atoms with Gasteiger partial charge in [-0.25, -0.2) is 4.79 Å². The molecule has 0 spiro atoms. The molecule has 0 amide bonds. The number of hydrogen-bond acceptors (Lipinski definition) is 3. The van der Waals surface area contributed by atoms with E-state index in [4.69, 9.17) is 10.8 Å². The molecule has 0 atom stereocenters. The smallest absolute Gasteiger partial charge is 0.335 e. The van der Waals surface area contributed by atoms with Gasteiger partial charge in [0.2, 0.25) is 0 Å². The molecule has 72 valence electrons. The lowest BCUT2D eigenvalue weighted by molar-refractivity contribution is -0.104. The second-order valence-electron chi connectivity index (χ2n) is 2.64. The van der Waals surface area contributed by atoms with Gasteiger partial charge >= 0.3 is 5.97 Å². The van der Waals surface area contributed by atoms with Crippen molar-refractivity contribution in [3.8, 4) is 0 Å². The second kappa shape index (κ2) is 4.23. The Hall–Kier alpha value is -2.10. The van der Waals surface area contributed by atoms with Crippen LogP contribution < -0.4 is 5.73 Å². The number of carboxylic acid groups (broad SMARTS) is 1. The summed E-state index contributed by atoms with van der Waals surface area (Å²) in [6, 6.07) is 4.34. The molecular formula is C10H9NO3. The summed E-state index contributed by atoms with van der Waals surface area (Å²) in [5, 5.41) is 8.65. The molecule has 0 unspecified atom stereocenters. The van der Waals surface area contributed by atoms with Gasteiger partial charge in [-0.3, -0.25) is 4.79 Å². The number of aromatic carboxylic acids is 1. The Balaban J connectivity index is 3.07. The maximum absolute atomic E-state index is 10.5. The van der Waals surface area contributed by atoms with Crippen molar-refractivity contribution in [3.05, 3.63) is 35.4 Å². The molecule has 0 aromatic heterocycles. The number of aldehydes is 1. The fourth-order valence-electron chi connectivity index (χ4n) is 1.00. The molecule has 0 aliphatic carbocycles. The van der Waals surface area contributed by atoms with Gasteiger partial charge in [0, 0.05) is 5.69 Å². The Labute approximate surface area is 80.7 Å². The van der Waals surface area contributed by atoms with Crippen LogP contribution in [-0.2, 0) is 4.79 Å². The Morgan fingerprint density at radius 1 is 1.43 bits per heavy atom. The summed E-state index contributed by atoms with van der Waals surface area (Å²) < 4.78 is 0. The summed E-state index contributed by atoms with van der Waals surface area (Å²) >= 11 is 0. The third kappa shape index (κ3) is 2.20. The first-order valence-corrected chi connectivity index (χ1v) is 3.90. The lowest BCUT2D eigenvalue weighted by Crippen LogP contribution is -1.98. The molecule has 0 saturated carbocycles. The first kappa shape index (κ1) is 9.98. The monoisotopic (exact) mass is 191 g/mol. The largest absolute Gasteiger partial charge is 0.478 e. The van der Waals surface area contributed by atoms with Gasteiger partial charge < -0.3 is 10.8 Å². The topological polar surface area (TPSA) is 80.4 Å². The minimum Gasteiger partial charge on any atom is -0.478 e. The van der Waals surface area contributed by atoms with Crippen molar-refractivity contribution >= 4 is 24.0 Å². The number of nitrogen functional groups attached to an aromatic ring is 1. The van der Waals surface area contributed by atoms with Crippen molar-refractivity contribution in [2.75, 3.05) is 5.73 Å². The van der Waals surface area contributed by atoms with E-state index < -0.39 is 5.97 Å². The van der Waals surface area contributed by atoms with Crippen LogP contribution in [0.4, 0.5) is 5.69 Å². The van der Waals surface area contributed by atoms with Crippen molar-refractivity contribution in [2.45, 2.75) is 0 Å². The third-order valence-corrected chi connectivity index (χ3v) is 1.69. The highest BCUT2D eigenvalue weighted by molar-refractivity contribution is 5.90. The Morgan fingerprint density at radius 3 is 2.64 bits per heavy atom. The van der Waals surface area contributed by atoms with E-state index >= 15 is 0 Å². The van der Waals surface area contributed by atoms with Crippen LogP contribution in [0.2, 0.25) is 0 Å². The highest BCUT2D eigenvalue weighted by atomic mass is 16.4. The normalized spacial score (nSPS) is 10.3. The van der Waals surface area contributed by atoms with Crippen LogP contribution in [0.1, 0.15) is 15.9 Å². The van der Waals surface area contributed by atoms with E-state index in [9.17, 15) is 9.59 Å². The molecule has 4 nitrogen and oxygen atoms in total. The molecule has 3 N–H and O–H groups in total. The molecule has 0 aliphatic rings. The zero-order chi connectivity index (χ0) is 10.6. The van der Waals surface area contributed by atoms with E-state index in [2.05, 4.69) is 0 Å². The molecule has 0 radical (unpaired) electrons. The predicted molar refractivity (Wildman–Crippen MR) is 52.9 cm³/mol. The summed E-state index contributed by atoms with van der Waals surface area (Å²) in [6.45, 7) is 0. The fraction of sp³-hybridized carbons (Fsp3) is 0. The summed E-state index contributed by atoms with van der Waals surface area (Å²) in [6.07, 6.45) is 3.45. The van der Waals surface area contributed by atoms with Crippen LogP contribution in [-0.4, -0.2) is 17.4 Å². The average Bonchev–Trinajstić information content (AvgIpc) is 2.15. The number of anilines is 1. The Kier molecular flexibility index (Phi) is 3.01. The van der Waals surface area contributed by atoms with Gasteiger partial charge in [-0.1, -0.05) is 6.07 Å². The molecule has 1 aromatic carbocycles. The van der Waals surface area contributed by atoms with Crippen LogP contribution in [0.5, 0.6) is 0 Å². The lowest BCUT2D eigenvalue weighted by atomic mass is 10.1. The van der Waals surface area contributed by atoms with Crippen LogP contribution in [0.3, 0.4) is 0 Å². The van der Waals surface area contributed by atoms with E-state index in [1.807, 2.05) is 0 Å². The fourth-order valence-corrected chi connectivity index (χ4v) is 1.00. The molecule has 0 aliphatic heterocycles. The Bertz CT molecular complexity index is 396. The van der Waals surface area contributed by atoms with Crippen molar-refractivity contribution in [2.24, 2.45) is 0 Å². The first-order valence-electron chi connectivity index (χ1n) is 3.90. The number of carboxylic acids is 1. The van der Waals surface area contributed by atoms with Crippen molar-refractivity contribution in [1.82, 2.24) is 0 Å². The summed E-state index contributed by atoms with van der Waals surface area (Å²) in [5.74, 6) is -1.03. The molecule has 14 heavy (non-hydrogen) atoms. The second-order valence-corrected chi connectivity index (χ2v) is 2.64. The van der Waals surface area contributed by atoms with Gasteiger partial charge in [-0.05, 0) is 29.8 Å². The van der Waals surface area contributed by atoms with E-state index in [-0.39, 0.29) is 5.56 Å². The van der Waals surface area contributed by atoms with E-state index in [1.54, 1.807) is 6.07 Å². The molecule has 1 rings (SSSR count). The SMILES string of the molecule is Nc1cc(C(=O)O)ccc1C=CC=O. The highest BCUT2D eigenvalue weighted by Crippen LogP contribution is 2.15. The van der Waals surface area contributed by atoms with Crippen molar-refractivity contribution < 1.29 is 14.7 Å². The summed E-state index contributed by atoms with van der Waals surface area (Å²) in [5.41, 5.74) is 6.66. The van der Waals surface area contributed by atoms with Crippen molar-refractivity contribution in [1.29, 1.82) is 0 Å². The summed E-state index contributed by atoms with van der Waals surface area (Å²) in [4.78, 5) is 20.6. The molecular weight excluding hydrogens is 182 g/mol. The number of allylic oxidation sites excluding steroid dienone is 1. The number of nitrogens with two attached hydrogens (primary N) is 1. The number of carbonyl (C=O) groups excluding carboxylic acids is 1. The molecule has 1 aromatic rings. The number of carbonyl (C=O) groups is 2. The van der Waals surface area contributed by atoms with Crippen LogP contribution in [0.25, 0.3) is 6.08 Å². The van der Waals surface area contributed by atoms with Gasteiger partial charge in [0.1, 0.15) is 6.29 Å². The van der Waals surface area contributed by atoms with Crippen LogP contribution in [0.15, 0.2) is 24.3 Å². The minimum atomic E-state index is -1.03. The molecule has 4 heteroatoms. The quantitative estimate of drug-likeness (QED) is 0.427. The summed E-state index contributed by atoms with van der Waals surface area (Å²) in [7, 11) is 0. The van der Waals surface area contributed by atoms with Crippen molar-refractivity contribution in [3.63, 3.8) is 0 Å². The standard InChI is InChI=1S/C10H9NO3/c11-9-6-8(10(13)14)4-3-7(9)2-1-5-12/h1-6H,11H2,(H,13,14). The molecule has 0 bridgehead atoms. The lowest BCUT2D eigenvalue weighted by Gasteiger charge is -2.01. The highest BCUT2D eigenvalue weighted by Gasteiger charge is 2.03. The van der Waals surface area contributed by atoms with E-state index in [0.29, 0.717) is 17.5 Å². The van der Waals surface area contributed by atoms with Crippen LogP contribution >= 0.6 is 0 Å². The van der Waals surface area contributed by atoms with Gasteiger partial charge in [-0.2, -0.15) is 0 Å². The van der Waals surface area contributed by atoms with Gasteiger partial charge in [0.25, 0.3) is 0 Å². The van der Waals surface area contributed by atoms with Gasteiger partial charge in [-0.15, -0.1) is 0 Å². The number of benzene rings is 1. The first-order chi connectivity index (χ1) is 6.65. The molecule has 0 saturated heterocycles. The Morgan fingerprint density at radius 2 is 2.14 bits per heavy atom. The predicted octanol–water partition coefficient (Wildman–Crippen LogP) is 1.18. The van der Waals surface area contributed by atoms with E-state index in [1.165, 1.54) is 24.3 Å². The zero-order valence-electron chi connectivity index (χ0n) is 7.31. The average molecular weight is 191 g/mol. The maximum Gasteiger partial charge on any atom is 0.335 e. The minimum absolute atomic E-state index is 0.130. The molecule has 0 fully saturated rings. The van der Waals surface area contributed by atoms with Crippen LogP contribution in [0, 0.1) is 0 Å². The molecule has 0 heterocycles. The van der Waals surface area contributed by atoms with Gasteiger partial charge in [0.15, 0.2) is 0 Å². The maximum atomic E-state index is 10.5. The van der Waals surface area contributed by atoms with E-state index in [0.717, 1.165) is 0 Å².